The normalized spacial score (nSPS) is 15.0. The van der Waals surface area contributed by atoms with E-state index in [1.54, 1.807) is 13.2 Å². The van der Waals surface area contributed by atoms with Gasteiger partial charge in [-0.15, -0.1) is 0 Å². The molecule has 1 fully saturated rings. The van der Waals surface area contributed by atoms with Gasteiger partial charge < -0.3 is 14.6 Å². The maximum atomic E-state index is 12.7. The van der Waals surface area contributed by atoms with Crippen molar-refractivity contribution < 1.29 is 9.53 Å². The number of carbonyl (C=O) groups excluding carboxylic acids is 1. The first-order valence-electron chi connectivity index (χ1n) is 11.5. The summed E-state index contributed by atoms with van der Waals surface area (Å²) in [5.74, 6) is 0.714. The first-order valence-corrected chi connectivity index (χ1v) is 11.5. The van der Waals surface area contributed by atoms with Crippen LogP contribution in [0.15, 0.2) is 60.8 Å². The summed E-state index contributed by atoms with van der Waals surface area (Å²) in [5.41, 5.74) is 3.20. The summed E-state index contributed by atoms with van der Waals surface area (Å²) in [6.07, 6.45) is 8.29. The Hall–Kier alpha value is -3.56. The highest BCUT2D eigenvalue weighted by molar-refractivity contribution is 5.96. The van der Waals surface area contributed by atoms with E-state index in [-0.39, 0.29) is 11.9 Å². The summed E-state index contributed by atoms with van der Waals surface area (Å²) >= 11 is 0. The number of likely N-dealkylation sites (tertiary alicyclic amines) is 1. The van der Waals surface area contributed by atoms with E-state index in [2.05, 4.69) is 33.0 Å². The number of benzene rings is 2. The highest BCUT2D eigenvalue weighted by Gasteiger charge is 2.24. The Balaban J connectivity index is 1.47. The number of nitriles is 1. The van der Waals surface area contributed by atoms with Crippen LogP contribution < -0.4 is 10.1 Å². The number of para-hydroxylation sites is 1. The Morgan fingerprint density at radius 2 is 2.03 bits per heavy atom. The molecule has 1 unspecified atom stereocenters. The van der Waals surface area contributed by atoms with Gasteiger partial charge in [0.2, 0.25) is 5.91 Å². The van der Waals surface area contributed by atoms with Crippen LogP contribution in [0.25, 0.3) is 17.0 Å². The monoisotopic (exact) mass is 442 g/mol. The molecule has 33 heavy (non-hydrogen) atoms. The molecule has 2 aromatic carbocycles. The van der Waals surface area contributed by atoms with Crippen LogP contribution in [0.4, 0.5) is 0 Å². The fourth-order valence-corrected chi connectivity index (χ4v) is 4.54. The molecular weight excluding hydrogens is 412 g/mol. The first kappa shape index (κ1) is 22.6. The maximum absolute atomic E-state index is 12.7. The van der Waals surface area contributed by atoms with Gasteiger partial charge >= 0.3 is 0 Å². The predicted octanol–water partition coefficient (Wildman–Crippen LogP) is 4.53. The van der Waals surface area contributed by atoms with Crippen LogP contribution in [-0.4, -0.2) is 42.1 Å². The molecule has 1 aliphatic rings. The molecule has 0 saturated carbocycles. The average molecular weight is 443 g/mol. The number of fused-ring (bicyclic) bond motifs is 1. The Morgan fingerprint density at radius 3 is 2.82 bits per heavy atom. The van der Waals surface area contributed by atoms with E-state index in [0.717, 1.165) is 40.9 Å². The highest BCUT2D eigenvalue weighted by atomic mass is 16.5. The van der Waals surface area contributed by atoms with Crippen molar-refractivity contribution in [2.45, 2.75) is 31.8 Å². The average Bonchev–Trinajstić information content (AvgIpc) is 3.50. The summed E-state index contributed by atoms with van der Waals surface area (Å²) in [7, 11) is 1.67. The zero-order valence-electron chi connectivity index (χ0n) is 19.0. The number of aryl methyl sites for hydroxylation is 1. The Morgan fingerprint density at radius 1 is 1.21 bits per heavy atom. The Kier molecular flexibility index (Phi) is 7.43. The Labute approximate surface area is 195 Å². The van der Waals surface area contributed by atoms with Crippen LogP contribution in [0.3, 0.4) is 0 Å². The molecule has 170 valence electrons. The third kappa shape index (κ3) is 5.44. The minimum absolute atomic E-state index is 0.115. The lowest BCUT2D eigenvalue weighted by Crippen LogP contribution is -2.36. The van der Waals surface area contributed by atoms with Gasteiger partial charge in [0.15, 0.2) is 0 Å². The smallest absolute Gasteiger partial charge is 0.244 e. The Bertz CT molecular complexity index is 1170. The molecule has 1 aliphatic heterocycles. The fraction of sp³-hybridized carbons (Fsp3) is 0.333. The van der Waals surface area contributed by atoms with Gasteiger partial charge in [0.1, 0.15) is 5.75 Å². The van der Waals surface area contributed by atoms with E-state index in [4.69, 9.17) is 10.00 Å². The highest BCUT2D eigenvalue weighted by Crippen LogP contribution is 2.27. The summed E-state index contributed by atoms with van der Waals surface area (Å²) in [5, 5.41) is 13.1. The molecule has 3 aromatic rings. The SMILES string of the molecule is COc1cccc(C(CNC(=O)/C=C/c2cn(CCC#N)c3ccccc23)N2CCCC2)c1. The van der Waals surface area contributed by atoms with Crippen molar-refractivity contribution in [1.29, 1.82) is 5.26 Å². The van der Waals surface area contributed by atoms with Gasteiger partial charge in [-0.3, -0.25) is 9.69 Å². The van der Waals surface area contributed by atoms with E-state index in [0.29, 0.717) is 19.5 Å². The van der Waals surface area contributed by atoms with Crippen molar-refractivity contribution in [2.75, 3.05) is 26.7 Å². The molecule has 1 amide bonds. The van der Waals surface area contributed by atoms with Crippen molar-refractivity contribution >= 4 is 22.9 Å². The van der Waals surface area contributed by atoms with Crippen LogP contribution in [0.1, 0.15) is 36.4 Å². The van der Waals surface area contributed by atoms with Gasteiger partial charge in [-0.25, -0.2) is 0 Å². The van der Waals surface area contributed by atoms with Crippen LogP contribution in [0.2, 0.25) is 0 Å². The topological polar surface area (TPSA) is 70.3 Å². The standard InChI is InChI=1S/C27H30N4O2/c1-33-23-9-6-8-21(18-23)26(30-15-4-5-16-30)19-29-27(32)13-12-22-20-31(17-7-14-28)25-11-3-2-10-24(22)25/h2-3,6,8-13,18,20,26H,4-5,7,15-17,19H2,1H3,(H,29,32)/b13-12+. The van der Waals surface area contributed by atoms with Crippen molar-refractivity contribution in [3.8, 4) is 11.8 Å². The molecule has 6 nitrogen and oxygen atoms in total. The molecule has 0 radical (unpaired) electrons. The number of aromatic nitrogens is 1. The van der Waals surface area contributed by atoms with Crippen molar-refractivity contribution in [3.05, 3.63) is 71.9 Å². The van der Waals surface area contributed by atoms with Gasteiger partial charge in [0.25, 0.3) is 0 Å². The van der Waals surface area contributed by atoms with Gasteiger partial charge in [-0.05, 0) is 55.8 Å². The van der Waals surface area contributed by atoms with Crippen LogP contribution >= 0.6 is 0 Å². The second-order valence-electron chi connectivity index (χ2n) is 8.32. The fourth-order valence-electron chi connectivity index (χ4n) is 4.54. The number of methoxy groups -OCH3 is 1. The van der Waals surface area contributed by atoms with E-state index in [1.165, 1.54) is 12.8 Å². The number of carbonyl (C=O) groups is 1. The molecule has 0 aliphatic carbocycles. The van der Waals surface area contributed by atoms with Gasteiger partial charge in [-0.2, -0.15) is 5.26 Å². The number of hydrogen-bond acceptors (Lipinski definition) is 4. The predicted molar refractivity (Wildman–Crippen MR) is 131 cm³/mol. The van der Waals surface area contributed by atoms with Crippen LogP contribution in [0.5, 0.6) is 5.75 Å². The number of nitrogens with one attached hydrogen (secondary N) is 1. The summed E-state index contributed by atoms with van der Waals surface area (Å²) in [6, 6.07) is 18.5. The van der Waals surface area contributed by atoms with Crippen LogP contribution in [0, 0.1) is 11.3 Å². The molecular formula is C27H30N4O2. The second kappa shape index (κ2) is 10.8. The lowest BCUT2D eigenvalue weighted by atomic mass is 10.0. The summed E-state index contributed by atoms with van der Waals surface area (Å²) < 4.78 is 7.48. The molecule has 1 N–H and O–H groups in total. The molecule has 2 heterocycles. The summed E-state index contributed by atoms with van der Waals surface area (Å²) in [6.45, 7) is 3.25. The lowest BCUT2D eigenvalue weighted by Gasteiger charge is -2.28. The number of amides is 1. The van der Waals surface area contributed by atoms with E-state index >= 15 is 0 Å². The van der Waals surface area contributed by atoms with Crippen LogP contribution in [-0.2, 0) is 11.3 Å². The number of ether oxygens (including phenoxy) is 1. The zero-order chi connectivity index (χ0) is 23.0. The largest absolute Gasteiger partial charge is 0.497 e. The number of rotatable bonds is 9. The summed E-state index contributed by atoms with van der Waals surface area (Å²) in [4.78, 5) is 15.1. The zero-order valence-corrected chi connectivity index (χ0v) is 19.0. The van der Waals surface area contributed by atoms with E-state index < -0.39 is 0 Å². The lowest BCUT2D eigenvalue weighted by molar-refractivity contribution is -0.116. The van der Waals surface area contributed by atoms with Gasteiger partial charge in [0.05, 0.1) is 25.6 Å². The van der Waals surface area contributed by atoms with Crippen molar-refractivity contribution in [3.63, 3.8) is 0 Å². The molecule has 1 atom stereocenters. The first-order chi connectivity index (χ1) is 16.2. The number of nitrogens with zero attached hydrogens (tertiary/aromatic N) is 3. The van der Waals surface area contributed by atoms with Crippen molar-refractivity contribution in [2.24, 2.45) is 0 Å². The molecule has 1 aromatic heterocycles. The molecule has 4 rings (SSSR count). The molecule has 6 heteroatoms. The van der Waals surface area contributed by atoms with E-state index in [9.17, 15) is 4.79 Å². The molecule has 0 bridgehead atoms. The molecule has 0 spiro atoms. The van der Waals surface area contributed by atoms with Crippen molar-refractivity contribution in [1.82, 2.24) is 14.8 Å². The quantitative estimate of drug-likeness (QED) is 0.494. The third-order valence-corrected chi connectivity index (χ3v) is 6.23. The van der Waals surface area contributed by atoms with Gasteiger partial charge in [-0.1, -0.05) is 30.3 Å². The number of hydrogen-bond donors (Lipinski definition) is 1. The molecule has 1 saturated heterocycles. The van der Waals surface area contributed by atoms with E-state index in [1.807, 2.05) is 48.7 Å². The third-order valence-electron chi connectivity index (χ3n) is 6.23. The second-order valence-corrected chi connectivity index (χ2v) is 8.32. The minimum atomic E-state index is -0.115. The minimum Gasteiger partial charge on any atom is -0.497 e. The maximum Gasteiger partial charge on any atom is 0.244 e. The van der Waals surface area contributed by atoms with Gasteiger partial charge in [0, 0.05) is 41.8 Å².